The predicted molar refractivity (Wildman–Crippen MR) is 142 cm³/mol. The highest BCUT2D eigenvalue weighted by molar-refractivity contribution is 6.46. The molecule has 2 atom stereocenters. The van der Waals surface area contributed by atoms with Crippen LogP contribution in [-0.4, -0.2) is 40.4 Å². The molecule has 2 aliphatic rings. The first kappa shape index (κ1) is 25.5. The lowest BCUT2D eigenvalue weighted by Crippen LogP contribution is -2.31. The average Bonchev–Trinajstić information content (AvgIpc) is 3.38. The van der Waals surface area contributed by atoms with Gasteiger partial charge in [0, 0.05) is 18.5 Å². The summed E-state index contributed by atoms with van der Waals surface area (Å²) in [6.45, 7) is 6.05. The van der Waals surface area contributed by atoms with Crippen molar-refractivity contribution in [2.75, 3.05) is 6.54 Å². The van der Waals surface area contributed by atoms with E-state index in [0.29, 0.717) is 29.7 Å². The van der Waals surface area contributed by atoms with Gasteiger partial charge in [-0.25, -0.2) is 4.39 Å². The number of fused-ring (bicyclic) bond motifs is 1. The molecule has 0 spiro atoms. The fourth-order valence-electron chi connectivity index (χ4n) is 5.08. The van der Waals surface area contributed by atoms with Crippen molar-refractivity contribution >= 4 is 17.4 Å². The van der Waals surface area contributed by atoms with Gasteiger partial charge in [0.05, 0.1) is 17.7 Å². The van der Waals surface area contributed by atoms with Crippen molar-refractivity contribution in [1.82, 2.24) is 4.90 Å². The first-order chi connectivity index (χ1) is 18.2. The van der Waals surface area contributed by atoms with Gasteiger partial charge >= 0.3 is 0 Å². The number of aliphatic hydroxyl groups excluding tert-OH is 1. The molecule has 7 heteroatoms. The van der Waals surface area contributed by atoms with Crippen LogP contribution >= 0.6 is 0 Å². The Hall–Kier alpha value is -4.13. The highest BCUT2D eigenvalue weighted by atomic mass is 19.1. The summed E-state index contributed by atoms with van der Waals surface area (Å²) in [6, 6.07) is 17.8. The predicted octanol–water partition coefficient (Wildman–Crippen LogP) is 5.60. The fraction of sp³-hybridized carbons (Fsp3) is 0.290. The molecule has 1 saturated heterocycles. The number of ketones is 1. The van der Waals surface area contributed by atoms with Gasteiger partial charge in [-0.3, -0.25) is 9.59 Å². The van der Waals surface area contributed by atoms with E-state index < -0.39 is 17.7 Å². The Morgan fingerprint density at radius 2 is 1.79 bits per heavy atom. The molecule has 0 bridgehead atoms. The quantitative estimate of drug-likeness (QED) is 0.252. The summed E-state index contributed by atoms with van der Waals surface area (Å²) >= 11 is 0. The van der Waals surface area contributed by atoms with E-state index in [0.717, 1.165) is 16.9 Å². The lowest BCUT2D eigenvalue weighted by atomic mass is 9.94. The zero-order valence-corrected chi connectivity index (χ0v) is 21.6. The van der Waals surface area contributed by atoms with Gasteiger partial charge in [-0.05, 0) is 86.3 Å². The number of carbonyl (C=O) groups is 2. The lowest BCUT2D eigenvalue weighted by Gasteiger charge is -2.25. The number of nitrogens with zero attached hydrogens (tertiary/aromatic N) is 1. The molecule has 3 aromatic rings. The van der Waals surface area contributed by atoms with Crippen molar-refractivity contribution in [2.45, 2.75) is 51.9 Å². The van der Waals surface area contributed by atoms with E-state index in [1.54, 1.807) is 36.4 Å². The zero-order valence-electron chi connectivity index (χ0n) is 21.6. The Kier molecular flexibility index (Phi) is 6.93. The average molecular weight is 516 g/mol. The van der Waals surface area contributed by atoms with Crippen LogP contribution < -0.4 is 9.47 Å². The molecule has 38 heavy (non-hydrogen) atoms. The summed E-state index contributed by atoms with van der Waals surface area (Å²) in [7, 11) is 0. The second-order valence-electron chi connectivity index (χ2n) is 10.1. The van der Waals surface area contributed by atoms with Crippen LogP contribution in [0.4, 0.5) is 4.39 Å². The van der Waals surface area contributed by atoms with Crippen molar-refractivity contribution in [1.29, 1.82) is 0 Å². The molecular formula is C31H30FNO5. The first-order valence-corrected chi connectivity index (χ1v) is 12.8. The smallest absolute Gasteiger partial charge is 0.295 e. The SMILES string of the molecule is CC(C)Oc1ccc(C2/C(=C(/O)c3ccc4c(c3)CC(C)O4)C(=O)C(=O)N2CCc2ccc(F)cc2)cc1. The monoisotopic (exact) mass is 515 g/mol. The molecule has 1 amide bonds. The molecule has 0 aromatic heterocycles. The van der Waals surface area contributed by atoms with Gasteiger partial charge < -0.3 is 19.5 Å². The van der Waals surface area contributed by atoms with E-state index in [2.05, 4.69) is 0 Å². The summed E-state index contributed by atoms with van der Waals surface area (Å²) in [5.74, 6) is -0.557. The van der Waals surface area contributed by atoms with E-state index in [1.165, 1.54) is 17.0 Å². The molecule has 1 N–H and O–H groups in total. The van der Waals surface area contributed by atoms with E-state index in [9.17, 15) is 19.1 Å². The number of carbonyl (C=O) groups excluding carboxylic acids is 2. The normalized spacial score (nSPS) is 20.1. The number of rotatable bonds is 7. The maximum atomic E-state index is 13.4. The van der Waals surface area contributed by atoms with Crippen LogP contribution in [0.1, 0.15) is 49.1 Å². The number of Topliss-reactive ketones (excluding diaryl/α,β-unsaturated/α-hetero) is 1. The Morgan fingerprint density at radius 1 is 1.08 bits per heavy atom. The molecule has 0 saturated carbocycles. The third-order valence-corrected chi connectivity index (χ3v) is 6.83. The Labute approximate surface area is 221 Å². The minimum atomic E-state index is -0.785. The van der Waals surface area contributed by atoms with Crippen molar-refractivity contribution < 1.29 is 28.6 Å². The van der Waals surface area contributed by atoms with E-state index >= 15 is 0 Å². The highest BCUT2D eigenvalue weighted by Gasteiger charge is 2.46. The summed E-state index contributed by atoms with van der Waals surface area (Å²) in [4.78, 5) is 28.1. The van der Waals surface area contributed by atoms with Crippen LogP contribution in [0.2, 0.25) is 0 Å². The van der Waals surface area contributed by atoms with Gasteiger partial charge in [0.2, 0.25) is 0 Å². The molecule has 3 aromatic carbocycles. The van der Waals surface area contributed by atoms with Crippen LogP contribution in [-0.2, 0) is 22.4 Å². The van der Waals surface area contributed by atoms with Crippen LogP contribution in [0.15, 0.2) is 72.3 Å². The van der Waals surface area contributed by atoms with E-state index in [1.807, 2.05) is 39.0 Å². The zero-order chi connectivity index (χ0) is 27.0. The molecule has 2 heterocycles. The number of halogens is 1. The minimum absolute atomic E-state index is 0.00583. The molecule has 1 fully saturated rings. The van der Waals surface area contributed by atoms with E-state index in [4.69, 9.17) is 9.47 Å². The number of hydrogen-bond acceptors (Lipinski definition) is 5. The van der Waals surface area contributed by atoms with Crippen molar-refractivity contribution in [3.63, 3.8) is 0 Å². The Balaban J connectivity index is 1.54. The standard InChI is InChI=1S/C31H30FNO5/c1-18(2)37-25-11-6-21(7-12-25)28-27(29(34)22-8-13-26-23(17-22)16-19(3)38-26)30(35)31(36)33(28)15-14-20-4-9-24(32)10-5-20/h4-13,17-19,28,34H,14-16H2,1-3H3/b29-27-. The molecule has 6 nitrogen and oxygen atoms in total. The lowest BCUT2D eigenvalue weighted by molar-refractivity contribution is -0.139. The second kappa shape index (κ2) is 10.3. The van der Waals surface area contributed by atoms with Gasteiger partial charge in [-0.2, -0.15) is 0 Å². The number of aliphatic hydroxyl groups is 1. The summed E-state index contributed by atoms with van der Waals surface area (Å²) in [5.41, 5.74) is 2.96. The largest absolute Gasteiger partial charge is 0.507 e. The number of ether oxygens (including phenoxy) is 2. The van der Waals surface area contributed by atoms with Crippen LogP contribution in [0.5, 0.6) is 11.5 Å². The van der Waals surface area contributed by atoms with Gasteiger partial charge in [-0.1, -0.05) is 24.3 Å². The van der Waals surface area contributed by atoms with Gasteiger partial charge in [-0.15, -0.1) is 0 Å². The molecule has 0 radical (unpaired) electrons. The molecular weight excluding hydrogens is 485 g/mol. The van der Waals surface area contributed by atoms with E-state index in [-0.39, 0.29) is 35.9 Å². The van der Waals surface area contributed by atoms with Crippen LogP contribution in [0, 0.1) is 5.82 Å². The Bertz CT molecular complexity index is 1390. The van der Waals surface area contributed by atoms with Crippen LogP contribution in [0.25, 0.3) is 5.76 Å². The van der Waals surface area contributed by atoms with Gasteiger partial charge in [0.1, 0.15) is 29.2 Å². The third-order valence-electron chi connectivity index (χ3n) is 6.83. The Morgan fingerprint density at radius 3 is 2.47 bits per heavy atom. The molecule has 5 rings (SSSR count). The van der Waals surface area contributed by atoms with Gasteiger partial charge in [0.15, 0.2) is 0 Å². The maximum absolute atomic E-state index is 13.4. The number of amides is 1. The summed E-state index contributed by atoms with van der Waals surface area (Å²) < 4.78 is 24.9. The van der Waals surface area contributed by atoms with Gasteiger partial charge in [0.25, 0.3) is 11.7 Å². The number of hydrogen-bond donors (Lipinski definition) is 1. The fourth-order valence-corrected chi connectivity index (χ4v) is 5.08. The summed E-state index contributed by atoms with van der Waals surface area (Å²) in [6.07, 6.45) is 1.15. The van der Waals surface area contributed by atoms with Crippen LogP contribution in [0.3, 0.4) is 0 Å². The highest BCUT2D eigenvalue weighted by Crippen LogP contribution is 2.41. The summed E-state index contributed by atoms with van der Waals surface area (Å²) in [5, 5.41) is 11.4. The minimum Gasteiger partial charge on any atom is -0.507 e. The maximum Gasteiger partial charge on any atom is 0.295 e. The third kappa shape index (κ3) is 5.01. The molecule has 2 aliphatic heterocycles. The van der Waals surface area contributed by atoms with Crippen molar-refractivity contribution in [3.05, 3.63) is 100 Å². The first-order valence-electron chi connectivity index (χ1n) is 12.8. The second-order valence-corrected chi connectivity index (χ2v) is 10.1. The molecule has 196 valence electrons. The van der Waals surface area contributed by atoms with Crippen molar-refractivity contribution in [3.8, 4) is 11.5 Å². The molecule has 2 unspecified atom stereocenters. The van der Waals surface area contributed by atoms with Crippen molar-refractivity contribution in [2.24, 2.45) is 0 Å². The molecule has 0 aliphatic carbocycles. The number of benzene rings is 3. The topological polar surface area (TPSA) is 76.1 Å². The number of likely N-dealkylation sites (tertiary alicyclic amines) is 1.